The van der Waals surface area contributed by atoms with Crippen LogP contribution in [0.1, 0.15) is 10.4 Å². The number of hydrogen-bond acceptors (Lipinski definition) is 6. The lowest BCUT2D eigenvalue weighted by Gasteiger charge is -2.26. The highest BCUT2D eigenvalue weighted by atomic mass is 16.5. The van der Waals surface area contributed by atoms with Crippen LogP contribution < -0.4 is 21.1 Å². The number of nitrogens with one attached hydrogen (secondary N) is 2. The van der Waals surface area contributed by atoms with Crippen molar-refractivity contribution in [1.29, 1.82) is 0 Å². The first-order valence-electron chi connectivity index (χ1n) is 11.6. The Morgan fingerprint density at radius 2 is 1.58 bits per heavy atom. The van der Waals surface area contributed by atoms with Crippen molar-refractivity contribution in [1.82, 2.24) is 4.90 Å². The van der Waals surface area contributed by atoms with Gasteiger partial charge in [-0.1, -0.05) is 42.5 Å². The smallest absolute Gasteiger partial charge is 0.255 e. The lowest BCUT2D eigenvalue weighted by Crippen LogP contribution is -2.41. The third-order valence-corrected chi connectivity index (χ3v) is 5.61. The number of morpholine rings is 1. The van der Waals surface area contributed by atoms with E-state index >= 15 is 0 Å². The molecule has 1 aliphatic heterocycles. The Morgan fingerprint density at radius 3 is 2.28 bits per heavy atom. The molecule has 0 saturated carbocycles. The molecule has 9 heteroatoms. The number of amides is 3. The van der Waals surface area contributed by atoms with E-state index in [-0.39, 0.29) is 36.4 Å². The molecule has 0 unspecified atom stereocenters. The predicted octanol–water partition coefficient (Wildman–Crippen LogP) is 2.74. The van der Waals surface area contributed by atoms with E-state index in [1.807, 2.05) is 59.5 Å². The minimum absolute atomic E-state index is 0.169. The summed E-state index contributed by atoms with van der Waals surface area (Å²) in [6.45, 7) is 2.27. The molecule has 3 amide bonds. The number of ether oxygens (including phenoxy) is 2. The Kier molecular flexibility index (Phi) is 8.28. The van der Waals surface area contributed by atoms with Crippen LogP contribution in [-0.4, -0.2) is 62.1 Å². The Bertz CT molecular complexity index is 1210. The Hall–Kier alpha value is -4.21. The average molecular weight is 489 g/mol. The van der Waals surface area contributed by atoms with Crippen LogP contribution in [0.15, 0.2) is 72.8 Å². The number of rotatable bonds is 9. The van der Waals surface area contributed by atoms with Crippen LogP contribution in [0, 0.1) is 0 Å². The van der Waals surface area contributed by atoms with Gasteiger partial charge in [0.1, 0.15) is 5.75 Å². The second kappa shape index (κ2) is 12.0. The zero-order chi connectivity index (χ0) is 25.3. The monoisotopic (exact) mass is 488 g/mol. The highest BCUT2D eigenvalue weighted by Crippen LogP contribution is 2.27. The number of hydrogen-bond donors (Lipinski definition) is 3. The summed E-state index contributed by atoms with van der Waals surface area (Å²) in [4.78, 5) is 38.8. The lowest BCUT2D eigenvalue weighted by molar-refractivity contribution is -0.120. The first-order chi connectivity index (χ1) is 17.5. The third kappa shape index (κ3) is 6.91. The van der Waals surface area contributed by atoms with E-state index in [4.69, 9.17) is 15.2 Å². The number of nitrogens with two attached hydrogens (primary N) is 1. The molecule has 1 fully saturated rings. The molecule has 1 saturated heterocycles. The van der Waals surface area contributed by atoms with E-state index in [9.17, 15) is 14.4 Å². The van der Waals surface area contributed by atoms with Crippen molar-refractivity contribution in [2.75, 3.05) is 50.1 Å². The summed E-state index contributed by atoms with van der Waals surface area (Å²) in [6.07, 6.45) is 0. The molecule has 9 nitrogen and oxygen atoms in total. The zero-order valence-electron chi connectivity index (χ0n) is 19.7. The minimum atomic E-state index is -0.652. The van der Waals surface area contributed by atoms with E-state index in [0.717, 1.165) is 11.1 Å². The van der Waals surface area contributed by atoms with Gasteiger partial charge < -0.3 is 25.8 Å². The number of carbonyl (C=O) groups excluding carboxylic acids is 3. The molecule has 1 heterocycles. The first kappa shape index (κ1) is 24.9. The maximum atomic E-state index is 12.9. The molecular formula is C27H28N4O5. The normalized spacial score (nSPS) is 13.6. The maximum Gasteiger partial charge on any atom is 0.255 e. The van der Waals surface area contributed by atoms with E-state index in [0.29, 0.717) is 37.6 Å². The predicted molar refractivity (Wildman–Crippen MR) is 137 cm³/mol. The van der Waals surface area contributed by atoms with Gasteiger partial charge in [0.15, 0.2) is 6.61 Å². The molecule has 1 aliphatic rings. The van der Waals surface area contributed by atoms with Crippen molar-refractivity contribution in [3.05, 3.63) is 78.4 Å². The fourth-order valence-electron chi connectivity index (χ4n) is 3.78. The van der Waals surface area contributed by atoms with Gasteiger partial charge in [0.25, 0.3) is 11.8 Å². The fraction of sp³-hybridized carbons (Fsp3) is 0.222. The quantitative estimate of drug-likeness (QED) is 0.426. The summed E-state index contributed by atoms with van der Waals surface area (Å²) in [6, 6.07) is 22.1. The van der Waals surface area contributed by atoms with Gasteiger partial charge in [-0.15, -0.1) is 0 Å². The van der Waals surface area contributed by atoms with Gasteiger partial charge in [0.2, 0.25) is 5.91 Å². The summed E-state index contributed by atoms with van der Waals surface area (Å²) in [5, 5.41) is 5.65. The lowest BCUT2D eigenvalue weighted by atomic mass is 10.1. The van der Waals surface area contributed by atoms with Gasteiger partial charge in [0, 0.05) is 24.3 Å². The zero-order valence-corrected chi connectivity index (χ0v) is 19.7. The summed E-state index contributed by atoms with van der Waals surface area (Å²) < 4.78 is 10.8. The Balaban J connectivity index is 1.46. The number of anilines is 2. The van der Waals surface area contributed by atoms with Crippen molar-refractivity contribution < 1.29 is 23.9 Å². The van der Waals surface area contributed by atoms with Gasteiger partial charge in [0.05, 0.1) is 25.4 Å². The summed E-state index contributed by atoms with van der Waals surface area (Å²) >= 11 is 0. The molecule has 3 aromatic carbocycles. The SMILES string of the molecule is NC(=O)COc1ccc(C(=O)Nc2ccc(-c3ccccc3)cc2)cc1NC(=O)CN1CCOCC1. The van der Waals surface area contributed by atoms with E-state index in [1.165, 1.54) is 12.1 Å². The van der Waals surface area contributed by atoms with Crippen molar-refractivity contribution in [3.8, 4) is 16.9 Å². The van der Waals surface area contributed by atoms with Gasteiger partial charge in [-0.25, -0.2) is 0 Å². The number of benzene rings is 3. The van der Waals surface area contributed by atoms with E-state index < -0.39 is 5.91 Å². The number of nitrogens with zero attached hydrogens (tertiary/aromatic N) is 1. The molecule has 0 bridgehead atoms. The Morgan fingerprint density at radius 1 is 0.889 bits per heavy atom. The third-order valence-electron chi connectivity index (χ3n) is 5.61. The molecule has 0 aromatic heterocycles. The highest BCUT2D eigenvalue weighted by Gasteiger charge is 2.17. The Labute approximate surface area is 209 Å². The van der Waals surface area contributed by atoms with Gasteiger partial charge in [-0.2, -0.15) is 0 Å². The summed E-state index contributed by atoms with van der Waals surface area (Å²) in [7, 11) is 0. The molecule has 0 spiro atoms. The molecule has 36 heavy (non-hydrogen) atoms. The van der Waals surface area contributed by atoms with Crippen LogP contribution in [0.2, 0.25) is 0 Å². The van der Waals surface area contributed by atoms with E-state index in [2.05, 4.69) is 10.6 Å². The van der Waals surface area contributed by atoms with Crippen LogP contribution in [0.3, 0.4) is 0 Å². The molecule has 3 aromatic rings. The van der Waals surface area contributed by atoms with Crippen LogP contribution in [0.25, 0.3) is 11.1 Å². The van der Waals surface area contributed by atoms with Gasteiger partial charge in [-0.3, -0.25) is 19.3 Å². The second-order valence-corrected chi connectivity index (χ2v) is 8.30. The first-order valence-corrected chi connectivity index (χ1v) is 11.6. The van der Waals surface area contributed by atoms with E-state index in [1.54, 1.807) is 6.07 Å². The molecule has 0 atom stereocenters. The molecule has 0 aliphatic carbocycles. The van der Waals surface area contributed by atoms with Crippen LogP contribution >= 0.6 is 0 Å². The van der Waals surface area contributed by atoms with Gasteiger partial charge in [-0.05, 0) is 41.5 Å². The largest absolute Gasteiger partial charge is 0.482 e. The van der Waals surface area contributed by atoms with Crippen molar-refractivity contribution >= 4 is 29.1 Å². The molecule has 186 valence electrons. The number of carbonyl (C=O) groups is 3. The summed E-state index contributed by atoms with van der Waals surface area (Å²) in [5.41, 5.74) is 8.54. The van der Waals surface area contributed by atoms with Crippen molar-refractivity contribution in [2.45, 2.75) is 0 Å². The van der Waals surface area contributed by atoms with Crippen LogP contribution in [0.4, 0.5) is 11.4 Å². The standard InChI is InChI=1S/C27H28N4O5/c28-25(32)18-36-24-11-8-21(16-23(24)30-26(33)17-31-12-14-35-15-13-31)27(34)29-22-9-6-20(7-10-22)19-4-2-1-3-5-19/h1-11,16H,12-15,17-18H2,(H2,28,32)(H,29,34)(H,30,33). The topological polar surface area (TPSA) is 123 Å². The average Bonchev–Trinajstić information content (AvgIpc) is 2.89. The molecular weight excluding hydrogens is 460 g/mol. The van der Waals surface area contributed by atoms with Crippen LogP contribution in [0.5, 0.6) is 5.75 Å². The fourth-order valence-corrected chi connectivity index (χ4v) is 3.78. The van der Waals surface area contributed by atoms with Crippen molar-refractivity contribution in [3.63, 3.8) is 0 Å². The summed E-state index contributed by atoms with van der Waals surface area (Å²) in [5.74, 6) is -1.03. The molecule has 0 radical (unpaired) electrons. The van der Waals surface area contributed by atoms with Gasteiger partial charge >= 0.3 is 0 Å². The molecule has 4 rings (SSSR count). The molecule has 4 N–H and O–H groups in total. The maximum absolute atomic E-state index is 12.9. The number of primary amides is 1. The minimum Gasteiger partial charge on any atom is -0.482 e. The highest BCUT2D eigenvalue weighted by molar-refractivity contribution is 6.06. The van der Waals surface area contributed by atoms with Crippen molar-refractivity contribution in [2.24, 2.45) is 5.73 Å². The van der Waals surface area contributed by atoms with Crippen LogP contribution in [-0.2, 0) is 14.3 Å². The second-order valence-electron chi connectivity index (χ2n) is 8.30.